The van der Waals surface area contributed by atoms with Gasteiger partial charge in [-0.15, -0.1) is 0 Å². The number of para-hydroxylation sites is 1. The van der Waals surface area contributed by atoms with Gasteiger partial charge in [-0.2, -0.15) is 0 Å². The van der Waals surface area contributed by atoms with Gasteiger partial charge in [0.1, 0.15) is 5.82 Å². The minimum atomic E-state index is -3.64. The largest absolute Gasteiger partial charge is 0.329 e. The molecule has 0 saturated heterocycles. The second kappa shape index (κ2) is 8.99. The highest BCUT2D eigenvalue weighted by atomic mass is 32.2. The Hall–Kier alpha value is -3.04. The van der Waals surface area contributed by atoms with Gasteiger partial charge in [0.2, 0.25) is 10.0 Å². The Bertz CT molecular complexity index is 1250. The Kier molecular flexibility index (Phi) is 6.56. The lowest BCUT2D eigenvalue weighted by Crippen LogP contribution is -2.37. The lowest BCUT2D eigenvalue weighted by molar-refractivity contribution is 0.0685. The van der Waals surface area contributed by atoms with Gasteiger partial charge >= 0.3 is 0 Å². The molecule has 0 spiro atoms. The summed E-state index contributed by atoms with van der Waals surface area (Å²) in [5, 5.41) is 0.487. The van der Waals surface area contributed by atoms with Gasteiger partial charge in [0.25, 0.3) is 11.5 Å². The zero-order valence-corrected chi connectivity index (χ0v) is 18.7. The van der Waals surface area contributed by atoms with Crippen molar-refractivity contribution in [3.63, 3.8) is 0 Å². The van der Waals surface area contributed by atoms with Crippen molar-refractivity contribution in [3.8, 4) is 0 Å². The van der Waals surface area contributed by atoms with Crippen LogP contribution in [0.2, 0.25) is 0 Å². The second-order valence-corrected chi connectivity index (χ2v) is 9.57. The summed E-state index contributed by atoms with van der Waals surface area (Å²) in [5.41, 5.74) is 0.647. The molecule has 0 aliphatic rings. The molecule has 0 aliphatic heterocycles. The number of sulfonamides is 1. The van der Waals surface area contributed by atoms with Crippen LogP contribution in [0.5, 0.6) is 0 Å². The van der Waals surface area contributed by atoms with E-state index >= 15 is 0 Å². The van der Waals surface area contributed by atoms with Crippen molar-refractivity contribution in [3.05, 3.63) is 70.3 Å². The van der Waals surface area contributed by atoms with E-state index in [1.807, 2.05) is 13.8 Å². The molecule has 0 unspecified atom stereocenters. The number of hydrogen-bond donors (Lipinski definition) is 2. The van der Waals surface area contributed by atoms with Gasteiger partial charge in [-0.05, 0) is 64.1 Å². The van der Waals surface area contributed by atoms with E-state index in [-0.39, 0.29) is 35.0 Å². The van der Waals surface area contributed by atoms with E-state index in [4.69, 9.17) is 0 Å². The summed E-state index contributed by atoms with van der Waals surface area (Å²) in [5.74, 6) is 0.0951. The third kappa shape index (κ3) is 5.18. The van der Waals surface area contributed by atoms with Crippen molar-refractivity contribution in [1.82, 2.24) is 19.6 Å². The number of hydrogen-bond acceptors (Lipinski definition) is 5. The fraction of sp³-hybridized carbons (Fsp3) is 0.318. The summed E-state index contributed by atoms with van der Waals surface area (Å²) in [4.78, 5) is 34.3. The SMILES string of the molecule is CC(C)NS(=O)(=O)c1ccc(C(=O)N(Cc2nc3ccccc3c(=O)[nH]2)C(C)C)cc1. The van der Waals surface area contributed by atoms with E-state index in [9.17, 15) is 18.0 Å². The second-order valence-electron chi connectivity index (χ2n) is 7.86. The maximum Gasteiger partial charge on any atom is 0.258 e. The first kappa shape index (κ1) is 22.6. The normalized spacial score (nSPS) is 11.9. The van der Waals surface area contributed by atoms with Crippen LogP contribution in [0.4, 0.5) is 0 Å². The van der Waals surface area contributed by atoms with Crippen LogP contribution in [-0.4, -0.2) is 41.3 Å². The Balaban J connectivity index is 1.87. The van der Waals surface area contributed by atoms with Gasteiger partial charge in [0.15, 0.2) is 0 Å². The van der Waals surface area contributed by atoms with Crippen molar-refractivity contribution in [2.45, 2.75) is 51.2 Å². The average Bonchev–Trinajstić information content (AvgIpc) is 2.70. The molecule has 0 atom stereocenters. The standard InChI is InChI=1S/C22H26N4O4S/c1-14(2)25-31(29,30)17-11-9-16(10-12-17)22(28)26(15(3)4)13-20-23-19-8-6-5-7-18(19)21(27)24-20/h5-12,14-15,25H,13H2,1-4H3,(H,23,24,27). The first-order chi connectivity index (χ1) is 14.6. The van der Waals surface area contributed by atoms with E-state index in [0.29, 0.717) is 22.3 Å². The van der Waals surface area contributed by atoms with Crippen molar-refractivity contribution in [1.29, 1.82) is 0 Å². The first-order valence-electron chi connectivity index (χ1n) is 10.00. The number of nitrogens with one attached hydrogen (secondary N) is 2. The Morgan fingerprint density at radius 1 is 1.06 bits per heavy atom. The predicted molar refractivity (Wildman–Crippen MR) is 119 cm³/mol. The highest BCUT2D eigenvalue weighted by molar-refractivity contribution is 7.89. The van der Waals surface area contributed by atoms with Gasteiger partial charge < -0.3 is 9.88 Å². The molecule has 0 aliphatic carbocycles. The average molecular weight is 443 g/mol. The number of nitrogens with zero attached hydrogens (tertiary/aromatic N) is 2. The van der Waals surface area contributed by atoms with Crippen LogP contribution in [-0.2, 0) is 16.6 Å². The molecule has 0 bridgehead atoms. The summed E-state index contributed by atoms with van der Waals surface area (Å²) >= 11 is 0. The van der Waals surface area contributed by atoms with Crippen LogP contribution < -0.4 is 10.3 Å². The quantitative estimate of drug-likeness (QED) is 0.584. The fourth-order valence-electron chi connectivity index (χ4n) is 3.18. The predicted octanol–water partition coefficient (Wildman–Crippen LogP) is 2.66. The highest BCUT2D eigenvalue weighted by Crippen LogP contribution is 2.16. The van der Waals surface area contributed by atoms with E-state index in [1.54, 1.807) is 43.0 Å². The highest BCUT2D eigenvalue weighted by Gasteiger charge is 2.22. The maximum atomic E-state index is 13.1. The van der Waals surface area contributed by atoms with Crippen molar-refractivity contribution in [2.75, 3.05) is 0 Å². The lowest BCUT2D eigenvalue weighted by atomic mass is 10.1. The first-order valence-corrected chi connectivity index (χ1v) is 11.5. The molecule has 0 fully saturated rings. The van der Waals surface area contributed by atoms with E-state index < -0.39 is 10.0 Å². The molecule has 1 heterocycles. The molecule has 1 amide bonds. The molecule has 164 valence electrons. The smallest absolute Gasteiger partial charge is 0.258 e. The van der Waals surface area contributed by atoms with Gasteiger partial charge in [-0.25, -0.2) is 18.1 Å². The number of aromatic amines is 1. The molecule has 8 nitrogen and oxygen atoms in total. The third-order valence-electron chi connectivity index (χ3n) is 4.67. The van der Waals surface area contributed by atoms with Crippen molar-refractivity contribution >= 4 is 26.8 Å². The molecule has 2 N–H and O–H groups in total. The third-order valence-corrected chi connectivity index (χ3v) is 6.34. The molecular formula is C22H26N4O4S. The summed E-state index contributed by atoms with van der Waals surface area (Å²) in [6.07, 6.45) is 0. The Morgan fingerprint density at radius 2 is 1.71 bits per heavy atom. The van der Waals surface area contributed by atoms with Crippen LogP contribution in [0.15, 0.2) is 58.2 Å². The molecule has 9 heteroatoms. The van der Waals surface area contributed by atoms with Gasteiger partial charge in [0, 0.05) is 17.6 Å². The van der Waals surface area contributed by atoms with E-state index in [0.717, 1.165) is 0 Å². The topological polar surface area (TPSA) is 112 Å². The van der Waals surface area contributed by atoms with Crippen LogP contribution in [0.3, 0.4) is 0 Å². The summed E-state index contributed by atoms with van der Waals surface area (Å²) in [6, 6.07) is 12.4. The Labute approximate surface area is 181 Å². The van der Waals surface area contributed by atoms with E-state index in [2.05, 4.69) is 14.7 Å². The molecule has 2 aromatic carbocycles. The molecule has 0 saturated carbocycles. The van der Waals surface area contributed by atoms with Crippen LogP contribution in [0, 0.1) is 0 Å². The zero-order chi connectivity index (χ0) is 22.8. The Morgan fingerprint density at radius 3 is 2.32 bits per heavy atom. The van der Waals surface area contributed by atoms with Crippen molar-refractivity contribution < 1.29 is 13.2 Å². The molecule has 31 heavy (non-hydrogen) atoms. The number of amides is 1. The minimum absolute atomic E-state index is 0.0920. The lowest BCUT2D eigenvalue weighted by Gasteiger charge is -2.26. The maximum absolute atomic E-state index is 13.1. The fourth-order valence-corrected chi connectivity index (χ4v) is 4.43. The number of fused-ring (bicyclic) bond motifs is 1. The van der Waals surface area contributed by atoms with Crippen molar-refractivity contribution in [2.24, 2.45) is 0 Å². The number of carbonyl (C=O) groups excluding carboxylic acids is 1. The van der Waals surface area contributed by atoms with Crippen LogP contribution in [0.1, 0.15) is 43.9 Å². The number of aromatic nitrogens is 2. The van der Waals surface area contributed by atoms with Crippen LogP contribution >= 0.6 is 0 Å². The van der Waals surface area contributed by atoms with Gasteiger partial charge in [-0.3, -0.25) is 9.59 Å². The number of rotatable bonds is 7. The number of benzene rings is 2. The molecule has 3 rings (SSSR count). The molecular weight excluding hydrogens is 416 g/mol. The molecule has 0 radical (unpaired) electrons. The van der Waals surface area contributed by atoms with Crippen LogP contribution in [0.25, 0.3) is 10.9 Å². The molecule has 3 aromatic rings. The number of carbonyl (C=O) groups is 1. The summed E-state index contributed by atoms with van der Waals surface area (Å²) in [7, 11) is -3.64. The summed E-state index contributed by atoms with van der Waals surface area (Å²) in [6.45, 7) is 7.32. The minimum Gasteiger partial charge on any atom is -0.329 e. The van der Waals surface area contributed by atoms with Gasteiger partial charge in [-0.1, -0.05) is 12.1 Å². The zero-order valence-electron chi connectivity index (χ0n) is 17.9. The van der Waals surface area contributed by atoms with Gasteiger partial charge in [0.05, 0.1) is 22.3 Å². The van der Waals surface area contributed by atoms with E-state index in [1.165, 1.54) is 24.3 Å². The molecule has 1 aromatic heterocycles. The number of H-pyrrole nitrogens is 1. The summed E-state index contributed by atoms with van der Waals surface area (Å²) < 4.78 is 27.1. The monoisotopic (exact) mass is 442 g/mol.